The van der Waals surface area contributed by atoms with Gasteiger partial charge in [-0.25, -0.2) is 4.98 Å². The Kier molecular flexibility index (Phi) is 4.75. The van der Waals surface area contributed by atoms with Crippen molar-refractivity contribution in [2.45, 2.75) is 59.0 Å². The number of nitrogens with zero attached hydrogens (tertiary/aromatic N) is 3. The molecule has 0 saturated heterocycles. The van der Waals surface area contributed by atoms with Crippen molar-refractivity contribution in [2.75, 3.05) is 6.54 Å². The summed E-state index contributed by atoms with van der Waals surface area (Å²) in [4.78, 5) is 4.40. The summed E-state index contributed by atoms with van der Waals surface area (Å²) < 4.78 is 2.05. The lowest BCUT2D eigenvalue weighted by atomic mass is 9.92. The van der Waals surface area contributed by atoms with Crippen molar-refractivity contribution in [1.29, 1.82) is 0 Å². The van der Waals surface area contributed by atoms with E-state index in [0.717, 1.165) is 37.8 Å². The number of nitrogens with one attached hydrogen (secondary N) is 1. The molecular weight excluding hydrogens is 224 g/mol. The van der Waals surface area contributed by atoms with Gasteiger partial charge in [0.15, 0.2) is 0 Å². The number of hydrogen-bond donors (Lipinski definition) is 1. The van der Waals surface area contributed by atoms with Crippen molar-refractivity contribution < 1.29 is 0 Å². The normalized spacial score (nSPS) is 18.8. The highest BCUT2D eigenvalue weighted by molar-refractivity contribution is 4.89. The molecule has 2 atom stereocenters. The van der Waals surface area contributed by atoms with E-state index in [0.29, 0.717) is 11.8 Å². The van der Waals surface area contributed by atoms with Crippen LogP contribution in [0.15, 0.2) is 6.33 Å². The third-order valence-electron chi connectivity index (χ3n) is 3.91. The molecule has 1 N–H and O–H groups in total. The average molecular weight is 250 g/mol. The van der Waals surface area contributed by atoms with Crippen molar-refractivity contribution in [3.05, 3.63) is 12.2 Å². The summed E-state index contributed by atoms with van der Waals surface area (Å²) in [5.74, 6) is 2.48. The fraction of sp³-hybridized carbons (Fsp3) is 0.857. The minimum atomic E-state index is 0.649. The minimum Gasteiger partial charge on any atom is -0.314 e. The third kappa shape index (κ3) is 3.80. The molecule has 0 aliphatic heterocycles. The largest absolute Gasteiger partial charge is 0.314 e. The van der Waals surface area contributed by atoms with Crippen LogP contribution in [-0.4, -0.2) is 27.4 Å². The van der Waals surface area contributed by atoms with Crippen molar-refractivity contribution in [1.82, 2.24) is 20.1 Å². The zero-order chi connectivity index (χ0) is 13.0. The maximum absolute atomic E-state index is 4.40. The van der Waals surface area contributed by atoms with Crippen molar-refractivity contribution >= 4 is 0 Å². The van der Waals surface area contributed by atoms with E-state index in [1.165, 1.54) is 12.8 Å². The lowest BCUT2D eigenvalue weighted by Gasteiger charge is -2.20. The first kappa shape index (κ1) is 13.5. The molecule has 0 amide bonds. The monoisotopic (exact) mass is 250 g/mol. The highest BCUT2D eigenvalue weighted by Gasteiger charge is 2.22. The van der Waals surface area contributed by atoms with Gasteiger partial charge >= 0.3 is 0 Å². The Morgan fingerprint density at radius 1 is 1.39 bits per heavy atom. The zero-order valence-corrected chi connectivity index (χ0v) is 11.9. The van der Waals surface area contributed by atoms with Gasteiger partial charge in [-0.05, 0) is 37.6 Å². The van der Waals surface area contributed by atoms with E-state index >= 15 is 0 Å². The van der Waals surface area contributed by atoms with Crippen molar-refractivity contribution in [2.24, 2.45) is 11.8 Å². The molecule has 1 aliphatic rings. The molecule has 1 aromatic heterocycles. The first-order chi connectivity index (χ1) is 8.70. The molecule has 2 rings (SSSR count). The zero-order valence-electron chi connectivity index (χ0n) is 11.9. The van der Waals surface area contributed by atoms with E-state index in [1.807, 2.05) is 0 Å². The molecule has 102 valence electrons. The Balaban J connectivity index is 1.80. The fourth-order valence-electron chi connectivity index (χ4n) is 2.18. The van der Waals surface area contributed by atoms with Crippen molar-refractivity contribution in [3.8, 4) is 0 Å². The van der Waals surface area contributed by atoms with Gasteiger partial charge in [0.1, 0.15) is 12.2 Å². The molecule has 1 heterocycles. The highest BCUT2D eigenvalue weighted by atomic mass is 15.3. The maximum atomic E-state index is 4.40. The van der Waals surface area contributed by atoms with Gasteiger partial charge in [-0.1, -0.05) is 20.8 Å². The lowest BCUT2D eigenvalue weighted by molar-refractivity contribution is 0.352. The summed E-state index contributed by atoms with van der Waals surface area (Å²) in [6, 6.07) is 0.809. The summed E-state index contributed by atoms with van der Waals surface area (Å²) in [6.07, 6.45) is 6.57. The Hall–Kier alpha value is -0.900. The molecule has 1 fully saturated rings. The predicted molar refractivity (Wildman–Crippen MR) is 73.4 cm³/mol. The quantitative estimate of drug-likeness (QED) is 0.769. The Morgan fingerprint density at radius 3 is 2.83 bits per heavy atom. The molecule has 2 unspecified atom stereocenters. The van der Waals surface area contributed by atoms with E-state index < -0.39 is 0 Å². The van der Waals surface area contributed by atoms with Gasteiger partial charge in [-0.3, -0.25) is 4.68 Å². The van der Waals surface area contributed by atoms with Gasteiger partial charge in [0.25, 0.3) is 0 Å². The summed E-state index contributed by atoms with van der Waals surface area (Å²) in [6.45, 7) is 8.95. The standard InChI is InChI=1S/C14H26N4/c1-4-7-18-14(16-10-17-18)8-11(2)12(3)9-15-13-5-6-13/h10-13,15H,4-9H2,1-3H3. The van der Waals surface area contributed by atoms with Crippen LogP contribution in [0, 0.1) is 11.8 Å². The lowest BCUT2D eigenvalue weighted by Crippen LogP contribution is -2.28. The molecule has 0 bridgehead atoms. The van der Waals surface area contributed by atoms with Crippen LogP contribution in [0.4, 0.5) is 0 Å². The van der Waals surface area contributed by atoms with Crippen LogP contribution < -0.4 is 5.32 Å². The Labute approximate surface area is 110 Å². The summed E-state index contributed by atoms with van der Waals surface area (Å²) in [5.41, 5.74) is 0. The highest BCUT2D eigenvalue weighted by Crippen LogP contribution is 2.21. The second-order valence-corrected chi connectivity index (χ2v) is 5.74. The smallest absolute Gasteiger partial charge is 0.138 e. The van der Waals surface area contributed by atoms with Gasteiger partial charge in [0.2, 0.25) is 0 Å². The number of aryl methyl sites for hydroxylation is 1. The SMILES string of the molecule is CCCn1ncnc1CC(C)C(C)CNC1CC1. The summed E-state index contributed by atoms with van der Waals surface area (Å²) in [5, 5.41) is 7.91. The second-order valence-electron chi connectivity index (χ2n) is 5.74. The van der Waals surface area contributed by atoms with Crippen molar-refractivity contribution in [3.63, 3.8) is 0 Å². The van der Waals surface area contributed by atoms with Crippen LogP contribution in [0.3, 0.4) is 0 Å². The average Bonchev–Trinajstić information content (AvgIpc) is 3.09. The number of aromatic nitrogens is 3. The fourth-order valence-corrected chi connectivity index (χ4v) is 2.18. The van der Waals surface area contributed by atoms with Crippen LogP contribution in [-0.2, 0) is 13.0 Å². The molecule has 0 spiro atoms. The van der Waals surface area contributed by atoms with Gasteiger partial charge < -0.3 is 5.32 Å². The number of rotatable bonds is 8. The third-order valence-corrected chi connectivity index (χ3v) is 3.91. The predicted octanol–water partition coefficient (Wildman–Crippen LogP) is 2.25. The topological polar surface area (TPSA) is 42.7 Å². The van der Waals surface area contributed by atoms with Crippen LogP contribution in [0.5, 0.6) is 0 Å². The van der Waals surface area contributed by atoms with Crippen LogP contribution in [0.2, 0.25) is 0 Å². The van der Waals surface area contributed by atoms with E-state index in [2.05, 4.69) is 40.9 Å². The number of hydrogen-bond acceptors (Lipinski definition) is 3. The summed E-state index contributed by atoms with van der Waals surface area (Å²) >= 11 is 0. The van der Waals surface area contributed by atoms with E-state index in [1.54, 1.807) is 6.33 Å². The van der Waals surface area contributed by atoms with E-state index in [-0.39, 0.29) is 0 Å². The molecular formula is C14H26N4. The molecule has 4 heteroatoms. The van der Waals surface area contributed by atoms with Gasteiger partial charge in [0.05, 0.1) is 0 Å². The molecule has 1 aromatic rings. The molecule has 18 heavy (non-hydrogen) atoms. The summed E-state index contributed by atoms with van der Waals surface area (Å²) in [7, 11) is 0. The maximum Gasteiger partial charge on any atom is 0.138 e. The molecule has 1 saturated carbocycles. The Bertz CT molecular complexity index is 356. The van der Waals surface area contributed by atoms with Crippen LogP contribution in [0.1, 0.15) is 45.9 Å². The van der Waals surface area contributed by atoms with Gasteiger partial charge in [-0.15, -0.1) is 0 Å². The molecule has 0 radical (unpaired) electrons. The second kappa shape index (κ2) is 6.32. The molecule has 1 aliphatic carbocycles. The first-order valence-electron chi connectivity index (χ1n) is 7.30. The minimum absolute atomic E-state index is 0.649. The van der Waals surface area contributed by atoms with Gasteiger partial charge in [0, 0.05) is 19.0 Å². The Morgan fingerprint density at radius 2 is 2.17 bits per heavy atom. The van der Waals surface area contributed by atoms with Gasteiger partial charge in [-0.2, -0.15) is 5.10 Å². The molecule has 0 aromatic carbocycles. The van der Waals surface area contributed by atoms with Crippen LogP contribution in [0.25, 0.3) is 0 Å². The molecule has 4 nitrogen and oxygen atoms in total. The van der Waals surface area contributed by atoms with Crippen LogP contribution >= 0.6 is 0 Å². The van der Waals surface area contributed by atoms with E-state index in [4.69, 9.17) is 0 Å². The van der Waals surface area contributed by atoms with E-state index in [9.17, 15) is 0 Å². The first-order valence-corrected chi connectivity index (χ1v) is 7.30.